The van der Waals surface area contributed by atoms with Gasteiger partial charge < -0.3 is 9.80 Å². The van der Waals surface area contributed by atoms with Crippen molar-refractivity contribution in [2.24, 2.45) is 0 Å². The smallest absolute Gasteiger partial charge is 0.355 e. The van der Waals surface area contributed by atoms with Crippen molar-refractivity contribution in [3.8, 4) is 0 Å². The summed E-state index contributed by atoms with van der Waals surface area (Å²) in [4.78, 5) is 35.9. The summed E-state index contributed by atoms with van der Waals surface area (Å²) < 4.78 is 0.597. The number of aromatic nitrogens is 2. The van der Waals surface area contributed by atoms with E-state index < -0.39 is 10.8 Å². The highest BCUT2D eigenvalue weighted by Gasteiger charge is 2.29. The molecule has 4 rings (SSSR count). The third kappa shape index (κ3) is 5.15. The third-order valence-electron chi connectivity index (χ3n) is 5.15. The zero-order chi connectivity index (χ0) is 23.4. The summed E-state index contributed by atoms with van der Waals surface area (Å²) >= 11 is 9.40. The SMILES string of the molecule is O=C(NNc1ncnc(N2CCN(c3cccc(Cl)c3)CC2)c1[N+](=O)[O-])c1ccccc1Br. The van der Waals surface area contributed by atoms with E-state index in [-0.39, 0.29) is 17.3 Å². The second-order valence-electron chi connectivity index (χ2n) is 7.16. The fraction of sp³-hybridized carbons (Fsp3) is 0.190. The van der Waals surface area contributed by atoms with Crippen LogP contribution >= 0.6 is 27.5 Å². The Morgan fingerprint density at radius 2 is 1.79 bits per heavy atom. The molecule has 12 heteroatoms. The van der Waals surface area contributed by atoms with Crippen molar-refractivity contribution in [3.05, 3.63) is 80.0 Å². The molecule has 170 valence electrons. The zero-order valence-electron chi connectivity index (χ0n) is 17.2. The Morgan fingerprint density at radius 3 is 2.48 bits per heavy atom. The van der Waals surface area contributed by atoms with E-state index in [0.717, 1.165) is 5.69 Å². The average Bonchev–Trinajstić information content (AvgIpc) is 2.82. The van der Waals surface area contributed by atoms with Gasteiger partial charge in [-0.1, -0.05) is 29.8 Å². The lowest BCUT2D eigenvalue weighted by atomic mass is 10.2. The first kappa shape index (κ1) is 22.7. The molecule has 1 saturated heterocycles. The van der Waals surface area contributed by atoms with Crippen molar-refractivity contribution in [3.63, 3.8) is 0 Å². The van der Waals surface area contributed by atoms with E-state index in [9.17, 15) is 14.9 Å². The highest BCUT2D eigenvalue weighted by Crippen LogP contribution is 2.32. The molecule has 2 N–H and O–H groups in total. The molecule has 0 aliphatic carbocycles. The van der Waals surface area contributed by atoms with Crippen LogP contribution in [0.4, 0.5) is 23.0 Å². The molecule has 0 spiro atoms. The van der Waals surface area contributed by atoms with Crippen molar-refractivity contribution < 1.29 is 9.72 Å². The number of nitrogens with one attached hydrogen (secondary N) is 2. The van der Waals surface area contributed by atoms with Gasteiger partial charge in [-0.25, -0.2) is 9.97 Å². The number of halogens is 2. The molecule has 3 aromatic rings. The number of hydrazine groups is 1. The van der Waals surface area contributed by atoms with Crippen molar-refractivity contribution in [1.29, 1.82) is 0 Å². The van der Waals surface area contributed by atoms with Gasteiger partial charge in [0.2, 0.25) is 11.6 Å². The fourth-order valence-corrected chi connectivity index (χ4v) is 4.19. The van der Waals surface area contributed by atoms with Crippen LogP contribution in [-0.4, -0.2) is 47.0 Å². The van der Waals surface area contributed by atoms with Gasteiger partial charge in [-0.15, -0.1) is 0 Å². The molecule has 0 atom stereocenters. The fourth-order valence-electron chi connectivity index (χ4n) is 3.54. The third-order valence-corrected chi connectivity index (χ3v) is 6.08. The van der Waals surface area contributed by atoms with Crippen LogP contribution in [0.2, 0.25) is 5.02 Å². The van der Waals surface area contributed by atoms with Crippen LogP contribution < -0.4 is 20.7 Å². The summed E-state index contributed by atoms with van der Waals surface area (Å²) in [5, 5.41) is 12.5. The second-order valence-corrected chi connectivity index (χ2v) is 8.46. The van der Waals surface area contributed by atoms with Crippen molar-refractivity contribution >= 4 is 56.4 Å². The highest BCUT2D eigenvalue weighted by atomic mass is 79.9. The number of anilines is 3. The van der Waals surface area contributed by atoms with E-state index >= 15 is 0 Å². The molecule has 1 aliphatic heterocycles. The summed E-state index contributed by atoms with van der Waals surface area (Å²) in [7, 11) is 0. The lowest BCUT2D eigenvalue weighted by Crippen LogP contribution is -2.47. The molecule has 1 fully saturated rings. The summed E-state index contributed by atoms with van der Waals surface area (Å²) in [6, 6.07) is 14.4. The number of hydrogen-bond donors (Lipinski definition) is 2. The van der Waals surface area contributed by atoms with Crippen molar-refractivity contribution in [2.75, 3.05) is 41.4 Å². The Balaban J connectivity index is 1.49. The Labute approximate surface area is 202 Å². The molecule has 10 nitrogen and oxygen atoms in total. The van der Waals surface area contributed by atoms with Gasteiger partial charge in [-0.05, 0) is 46.3 Å². The predicted molar refractivity (Wildman–Crippen MR) is 130 cm³/mol. The van der Waals surface area contributed by atoms with Crippen LogP contribution in [0.1, 0.15) is 10.4 Å². The number of piperazine rings is 1. The van der Waals surface area contributed by atoms with E-state index in [2.05, 4.69) is 41.6 Å². The first-order chi connectivity index (χ1) is 15.9. The normalized spacial score (nSPS) is 13.5. The predicted octanol–water partition coefficient (Wildman–Crippen LogP) is 3.88. The number of rotatable bonds is 6. The van der Waals surface area contributed by atoms with Gasteiger partial charge in [-0.3, -0.25) is 25.8 Å². The van der Waals surface area contributed by atoms with Gasteiger partial charge in [0.15, 0.2) is 0 Å². The largest absolute Gasteiger partial charge is 0.368 e. The monoisotopic (exact) mass is 531 g/mol. The zero-order valence-corrected chi connectivity index (χ0v) is 19.6. The minimum atomic E-state index is -0.550. The Kier molecular flexibility index (Phi) is 6.90. The number of amides is 1. The van der Waals surface area contributed by atoms with Gasteiger partial charge in [-0.2, -0.15) is 0 Å². The maximum absolute atomic E-state index is 12.5. The second kappa shape index (κ2) is 10.0. The molecule has 0 radical (unpaired) electrons. The van der Waals surface area contributed by atoms with E-state index in [1.807, 2.05) is 29.2 Å². The first-order valence-electron chi connectivity index (χ1n) is 10.00. The lowest BCUT2D eigenvalue weighted by Gasteiger charge is -2.36. The maximum atomic E-state index is 12.5. The average molecular weight is 533 g/mol. The molecule has 0 saturated carbocycles. The van der Waals surface area contributed by atoms with E-state index in [1.165, 1.54) is 6.33 Å². The van der Waals surface area contributed by atoms with Crippen LogP contribution in [-0.2, 0) is 0 Å². The van der Waals surface area contributed by atoms with Gasteiger partial charge in [0.05, 0.1) is 10.5 Å². The number of nitro groups is 1. The molecule has 0 unspecified atom stereocenters. The molecular formula is C21H19BrClN7O3. The standard InChI is InChI=1S/C21H19BrClN7O3/c22-17-7-2-1-6-16(17)21(31)27-26-19-18(30(32)33)20(25-13-24-19)29-10-8-28(9-11-29)15-5-3-4-14(23)12-15/h1-7,12-13H,8-11H2,(H,27,31)(H,24,25,26). The molecule has 2 heterocycles. The van der Waals surface area contributed by atoms with Crippen molar-refractivity contribution in [1.82, 2.24) is 15.4 Å². The topological polar surface area (TPSA) is 117 Å². The Hall–Kier alpha value is -3.44. The first-order valence-corrected chi connectivity index (χ1v) is 11.2. The maximum Gasteiger partial charge on any atom is 0.355 e. The van der Waals surface area contributed by atoms with Crippen LogP contribution in [0.3, 0.4) is 0 Å². The van der Waals surface area contributed by atoms with Crippen LogP contribution in [0.5, 0.6) is 0 Å². The number of benzene rings is 2. The molecule has 1 aliphatic rings. The molecule has 1 aromatic heterocycles. The Bertz CT molecular complexity index is 1190. The van der Waals surface area contributed by atoms with E-state index in [4.69, 9.17) is 11.6 Å². The number of hydrogen-bond acceptors (Lipinski definition) is 8. The van der Waals surface area contributed by atoms with Crippen LogP contribution in [0.15, 0.2) is 59.3 Å². The van der Waals surface area contributed by atoms with Gasteiger partial charge in [0.25, 0.3) is 5.91 Å². The van der Waals surface area contributed by atoms with Gasteiger partial charge >= 0.3 is 5.69 Å². The lowest BCUT2D eigenvalue weighted by molar-refractivity contribution is -0.383. The quantitative estimate of drug-likeness (QED) is 0.363. The van der Waals surface area contributed by atoms with Crippen LogP contribution in [0.25, 0.3) is 0 Å². The van der Waals surface area contributed by atoms with Crippen LogP contribution in [0, 0.1) is 10.1 Å². The summed E-state index contributed by atoms with van der Waals surface area (Å²) in [6.45, 7) is 2.33. The highest BCUT2D eigenvalue weighted by molar-refractivity contribution is 9.10. The minimum absolute atomic E-state index is 0.0947. The Morgan fingerprint density at radius 1 is 1.06 bits per heavy atom. The summed E-state index contributed by atoms with van der Waals surface area (Å²) in [5.41, 5.74) is 6.10. The van der Waals surface area contributed by atoms with Crippen molar-refractivity contribution in [2.45, 2.75) is 0 Å². The molecule has 2 aromatic carbocycles. The molecule has 0 bridgehead atoms. The van der Waals surface area contributed by atoms with E-state index in [0.29, 0.717) is 41.2 Å². The van der Waals surface area contributed by atoms with Gasteiger partial charge in [0.1, 0.15) is 6.33 Å². The van der Waals surface area contributed by atoms with E-state index in [1.54, 1.807) is 24.3 Å². The minimum Gasteiger partial charge on any atom is -0.368 e. The molecule has 33 heavy (non-hydrogen) atoms. The van der Waals surface area contributed by atoms with Gasteiger partial charge in [0, 0.05) is 41.4 Å². The summed E-state index contributed by atoms with van der Waals surface area (Å²) in [5.74, 6) is -0.367. The molecular weight excluding hydrogens is 514 g/mol. The number of carbonyl (C=O) groups is 1. The summed E-state index contributed by atoms with van der Waals surface area (Å²) in [6.07, 6.45) is 1.23. The number of nitrogens with zero attached hydrogens (tertiary/aromatic N) is 5. The number of carbonyl (C=O) groups excluding carboxylic acids is 1. The molecule has 1 amide bonds.